The second-order valence-corrected chi connectivity index (χ2v) is 10.2. The summed E-state index contributed by atoms with van der Waals surface area (Å²) >= 11 is 0. The van der Waals surface area contributed by atoms with E-state index in [1.54, 1.807) is 35.2 Å². The Morgan fingerprint density at radius 1 is 1.15 bits per heavy atom. The molecule has 46 heavy (non-hydrogen) atoms. The molecule has 1 unspecified atom stereocenters. The summed E-state index contributed by atoms with van der Waals surface area (Å²) in [6.07, 6.45) is 3.52. The Bertz CT molecular complexity index is 1640. The molecule has 4 aromatic rings. The predicted octanol–water partition coefficient (Wildman–Crippen LogP) is 5.00. The lowest BCUT2D eigenvalue weighted by Crippen LogP contribution is -2.48. The molecule has 0 radical (unpaired) electrons. The first kappa shape index (κ1) is 35.5. The number of imidazole rings is 1. The number of nitrogens with zero attached hydrogens (tertiary/aromatic N) is 7. The van der Waals surface area contributed by atoms with E-state index in [-0.39, 0.29) is 47.8 Å². The van der Waals surface area contributed by atoms with Crippen molar-refractivity contribution in [2.45, 2.75) is 65.7 Å². The van der Waals surface area contributed by atoms with Gasteiger partial charge in [-0.3, -0.25) is 18.7 Å². The van der Waals surface area contributed by atoms with Crippen LogP contribution in [0.3, 0.4) is 0 Å². The van der Waals surface area contributed by atoms with Crippen LogP contribution in [0.4, 0.5) is 24.7 Å². The number of amides is 2. The van der Waals surface area contributed by atoms with Gasteiger partial charge in [0, 0.05) is 49.0 Å². The highest BCUT2D eigenvalue weighted by atomic mass is 19.4. The molecule has 1 saturated heterocycles. The van der Waals surface area contributed by atoms with E-state index in [4.69, 9.17) is 11.0 Å². The molecule has 5 rings (SSSR count). The summed E-state index contributed by atoms with van der Waals surface area (Å²) < 4.78 is 43.4. The Hall–Kier alpha value is -4.97. The smallest absolute Gasteiger partial charge is 0.343 e. The molecule has 12 nitrogen and oxygen atoms in total. The maximum absolute atomic E-state index is 13.7. The third-order valence-corrected chi connectivity index (χ3v) is 6.59. The summed E-state index contributed by atoms with van der Waals surface area (Å²) in [7, 11) is 0. The lowest BCUT2D eigenvalue weighted by Gasteiger charge is -2.30. The molecule has 0 aliphatic carbocycles. The van der Waals surface area contributed by atoms with Crippen molar-refractivity contribution in [1.82, 2.24) is 34.4 Å². The van der Waals surface area contributed by atoms with Crippen LogP contribution in [-0.2, 0) is 17.5 Å². The minimum atomic E-state index is -4.74. The van der Waals surface area contributed by atoms with E-state index >= 15 is 0 Å². The number of hydrogen-bond acceptors (Lipinski definition) is 8. The van der Waals surface area contributed by atoms with Gasteiger partial charge in [0.2, 0.25) is 5.91 Å². The van der Waals surface area contributed by atoms with Gasteiger partial charge in [-0.25, -0.2) is 9.97 Å². The zero-order valence-electron chi connectivity index (χ0n) is 26.3. The lowest BCUT2D eigenvalue weighted by molar-refractivity contribution is -0.141. The highest BCUT2D eigenvalue weighted by Gasteiger charge is 2.38. The molecular weight excluding hydrogens is 601 g/mol. The number of fused-ring (bicyclic) bond motifs is 1. The first-order valence-electron chi connectivity index (χ1n) is 15.1. The fourth-order valence-corrected chi connectivity index (χ4v) is 4.63. The van der Waals surface area contributed by atoms with Gasteiger partial charge in [-0.05, 0) is 37.1 Å². The minimum Gasteiger partial charge on any atom is -0.343 e. The average molecular weight is 641 g/mol. The van der Waals surface area contributed by atoms with Crippen molar-refractivity contribution < 1.29 is 22.8 Å². The van der Waals surface area contributed by atoms with E-state index in [9.17, 15) is 22.8 Å². The van der Waals surface area contributed by atoms with Crippen LogP contribution in [0.25, 0.3) is 16.9 Å². The number of aromatic nitrogens is 5. The fourth-order valence-electron chi connectivity index (χ4n) is 4.63. The minimum absolute atomic E-state index is 0.0527. The number of rotatable bonds is 7. The largest absolute Gasteiger partial charge is 0.435 e. The Kier molecular flexibility index (Phi) is 12.6. The van der Waals surface area contributed by atoms with Crippen LogP contribution in [-0.4, -0.2) is 66.5 Å². The Balaban J connectivity index is 0.00000109. The number of anilines is 2. The summed E-state index contributed by atoms with van der Waals surface area (Å²) in [5.74, 6) is -0.342. The topological polar surface area (TPSA) is 159 Å². The van der Waals surface area contributed by atoms with Crippen LogP contribution in [0, 0.1) is 11.3 Å². The maximum Gasteiger partial charge on any atom is 0.435 e. The van der Waals surface area contributed by atoms with Crippen LogP contribution in [0.1, 0.15) is 63.0 Å². The number of carbonyl (C=O) groups is 2. The van der Waals surface area contributed by atoms with Crippen molar-refractivity contribution in [3.63, 3.8) is 0 Å². The van der Waals surface area contributed by atoms with Crippen molar-refractivity contribution in [3.8, 4) is 17.3 Å². The Labute approximate surface area is 265 Å². The summed E-state index contributed by atoms with van der Waals surface area (Å²) in [4.78, 5) is 35.1. The van der Waals surface area contributed by atoms with E-state index in [1.165, 1.54) is 29.4 Å². The molecule has 3 aromatic heterocycles. The van der Waals surface area contributed by atoms with E-state index < -0.39 is 17.8 Å². The highest BCUT2D eigenvalue weighted by Crippen LogP contribution is 2.36. The van der Waals surface area contributed by atoms with Crippen LogP contribution in [0.15, 0.2) is 49.1 Å². The van der Waals surface area contributed by atoms with Crippen LogP contribution >= 0.6 is 0 Å². The van der Waals surface area contributed by atoms with Crippen molar-refractivity contribution in [2.24, 2.45) is 5.73 Å². The number of halogens is 3. The molecule has 15 heteroatoms. The third kappa shape index (κ3) is 8.81. The number of carbonyl (C=O) groups excluding carboxylic acids is 2. The average Bonchev–Trinajstić information content (AvgIpc) is 3.67. The second kappa shape index (κ2) is 16.4. The Morgan fingerprint density at radius 3 is 2.48 bits per heavy atom. The van der Waals surface area contributed by atoms with Gasteiger partial charge in [-0.2, -0.15) is 23.5 Å². The zero-order chi connectivity index (χ0) is 33.9. The maximum atomic E-state index is 13.7. The normalized spacial score (nSPS) is 14.3. The van der Waals surface area contributed by atoms with Gasteiger partial charge in [0.05, 0.1) is 30.1 Å². The first-order valence-corrected chi connectivity index (χ1v) is 15.1. The molecule has 4 N–H and O–H groups in total. The number of benzene rings is 1. The number of likely N-dealkylation sites (tertiary alicyclic amines) is 1. The van der Waals surface area contributed by atoms with Crippen molar-refractivity contribution in [1.29, 1.82) is 5.26 Å². The van der Waals surface area contributed by atoms with Gasteiger partial charge < -0.3 is 21.3 Å². The molecule has 1 fully saturated rings. The number of alkyl halides is 3. The first-order chi connectivity index (χ1) is 22.0. The van der Waals surface area contributed by atoms with Gasteiger partial charge in [-0.15, -0.1) is 0 Å². The zero-order valence-corrected chi connectivity index (χ0v) is 26.3. The molecule has 2 amide bonds. The molecule has 0 saturated carbocycles. The number of nitriles is 1. The van der Waals surface area contributed by atoms with E-state index in [0.29, 0.717) is 24.3 Å². The molecule has 246 valence electrons. The van der Waals surface area contributed by atoms with Gasteiger partial charge >= 0.3 is 6.18 Å². The second-order valence-electron chi connectivity index (χ2n) is 10.2. The highest BCUT2D eigenvalue weighted by molar-refractivity contribution is 5.96. The van der Waals surface area contributed by atoms with Crippen LogP contribution in [0.2, 0.25) is 0 Å². The Morgan fingerprint density at radius 2 is 1.85 bits per heavy atom. The standard InChI is InChI=1S/C26H25F3N10O2.C3H8.C2H6/c27-26(28,29)22-19(15-38(36-22)10-7-30)20-12-33-24-23(32-8-11-39(20)24)35-18-5-3-16(4-6-18)25(41)34-13-21(40)37-9-1-2-17(31)14-37;1-3-2;1-2/h3-6,8,11-12,15,17H,1-2,9-10,13-14,31H2,(H,32,35)(H,34,41);3H2,1-2H3;1-2H3. The number of nitrogens with two attached hydrogens (primary N) is 1. The quantitative estimate of drug-likeness (QED) is 0.255. The van der Waals surface area contributed by atoms with E-state index in [1.807, 2.05) is 13.8 Å². The molecule has 0 spiro atoms. The summed E-state index contributed by atoms with van der Waals surface area (Å²) in [5, 5.41) is 18.1. The number of piperidine rings is 1. The van der Waals surface area contributed by atoms with E-state index in [0.717, 1.165) is 23.7 Å². The van der Waals surface area contributed by atoms with E-state index in [2.05, 4.69) is 39.5 Å². The summed E-state index contributed by atoms with van der Waals surface area (Å²) in [6.45, 7) is 8.87. The molecule has 0 bridgehead atoms. The predicted molar refractivity (Wildman–Crippen MR) is 168 cm³/mol. The molecule has 1 aliphatic heterocycles. The molecular formula is C31H39F3N10O2. The van der Waals surface area contributed by atoms with Crippen molar-refractivity contribution >= 4 is 29.0 Å². The van der Waals surface area contributed by atoms with Gasteiger partial charge in [0.25, 0.3) is 5.91 Å². The van der Waals surface area contributed by atoms with Crippen LogP contribution < -0.4 is 16.4 Å². The fraction of sp³-hybridized carbons (Fsp3) is 0.419. The molecule has 4 heterocycles. The summed E-state index contributed by atoms with van der Waals surface area (Å²) in [5.41, 5.74) is 5.81. The van der Waals surface area contributed by atoms with Crippen molar-refractivity contribution in [2.75, 3.05) is 25.0 Å². The van der Waals surface area contributed by atoms with Gasteiger partial charge in [-0.1, -0.05) is 34.1 Å². The number of hydrogen-bond donors (Lipinski definition) is 3. The van der Waals surface area contributed by atoms with Crippen molar-refractivity contribution in [3.05, 3.63) is 60.3 Å². The summed E-state index contributed by atoms with van der Waals surface area (Å²) in [6, 6.07) is 8.11. The molecule has 1 aromatic carbocycles. The monoisotopic (exact) mass is 640 g/mol. The van der Waals surface area contributed by atoms with Gasteiger partial charge in [0.15, 0.2) is 17.2 Å². The van der Waals surface area contributed by atoms with Crippen LogP contribution in [0.5, 0.6) is 0 Å². The lowest BCUT2D eigenvalue weighted by atomic mass is 10.1. The molecule has 1 aliphatic rings. The number of nitrogens with one attached hydrogen (secondary N) is 2. The SMILES string of the molecule is CC.CCC.N#CCn1cc(-c2cnc3c(Nc4ccc(C(=O)NCC(=O)N5CCCC(N)C5)cc4)nccn23)c(C(F)(F)F)n1. The van der Waals surface area contributed by atoms with Gasteiger partial charge in [0.1, 0.15) is 6.54 Å². The third-order valence-electron chi connectivity index (χ3n) is 6.59. The molecule has 1 atom stereocenters.